The normalized spacial score (nSPS) is 21.3. The summed E-state index contributed by atoms with van der Waals surface area (Å²) >= 11 is 0. The van der Waals surface area contributed by atoms with Gasteiger partial charge in [-0.05, 0) is 0 Å². The lowest BCUT2D eigenvalue weighted by atomic mass is 9.95. The predicted molar refractivity (Wildman–Crippen MR) is 75.2 cm³/mol. The molecule has 1 saturated heterocycles. The van der Waals surface area contributed by atoms with Crippen molar-refractivity contribution in [1.82, 2.24) is 0 Å². The van der Waals surface area contributed by atoms with Gasteiger partial charge in [-0.3, -0.25) is 0 Å². The van der Waals surface area contributed by atoms with Gasteiger partial charge in [-0.2, -0.15) is 0 Å². The Morgan fingerprint density at radius 1 is 0.950 bits per heavy atom. The van der Waals surface area contributed by atoms with Crippen LogP contribution in [0.25, 0.3) is 0 Å². The highest BCUT2D eigenvalue weighted by Gasteiger charge is 2.42. The van der Waals surface area contributed by atoms with E-state index in [1.54, 1.807) is 0 Å². The van der Waals surface area contributed by atoms with E-state index in [1.165, 1.54) is 0 Å². The number of rotatable bonds is 3. The molecule has 20 heavy (non-hydrogen) atoms. The quantitative estimate of drug-likeness (QED) is 0.803. The molecule has 3 rings (SSSR count). The van der Waals surface area contributed by atoms with Crippen molar-refractivity contribution in [3.8, 4) is 0 Å². The lowest BCUT2D eigenvalue weighted by Crippen LogP contribution is -2.43. The van der Waals surface area contributed by atoms with Crippen LogP contribution in [0.4, 0.5) is 0 Å². The fourth-order valence-electron chi connectivity index (χ4n) is 2.51. The van der Waals surface area contributed by atoms with E-state index in [0.717, 1.165) is 17.4 Å². The number of benzene rings is 2. The monoisotopic (exact) mass is 268 g/mol. The van der Waals surface area contributed by atoms with Crippen molar-refractivity contribution in [3.63, 3.8) is 0 Å². The molecule has 0 amide bonds. The standard InChI is InChI=1S/C17H16O3/c18-13-16-11-12-19-17(20-16,14-7-3-1-4-8-14)15-9-5-2-6-10-15/h1-10,13,16H,11-12H2. The molecule has 0 N–H and O–H groups in total. The summed E-state index contributed by atoms with van der Waals surface area (Å²) in [5.41, 5.74) is 1.80. The minimum atomic E-state index is -0.994. The maximum Gasteiger partial charge on any atom is 0.223 e. The van der Waals surface area contributed by atoms with Gasteiger partial charge in [-0.15, -0.1) is 0 Å². The summed E-state index contributed by atoms with van der Waals surface area (Å²) in [7, 11) is 0. The number of aldehydes is 1. The van der Waals surface area contributed by atoms with Crippen molar-refractivity contribution >= 4 is 6.29 Å². The van der Waals surface area contributed by atoms with Crippen molar-refractivity contribution in [2.75, 3.05) is 6.61 Å². The van der Waals surface area contributed by atoms with Gasteiger partial charge in [0.1, 0.15) is 12.4 Å². The molecule has 3 heteroatoms. The zero-order valence-corrected chi connectivity index (χ0v) is 11.1. The van der Waals surface area contributed by atoms with Crippen molar-refractivity contribution in [3.05, 3.63) is 71.8 Å². The maximum atomic E-state index is 11.1. The Labute approximate surface area is 118 Å². The summed E-state index contributed by atoms with van der Waals surface area (Å²) in [5, 5.41) is 0. The molecule has 1 aliphatic heterocycles. The van der Waals surface area contributed by atoms with Crippen LogP contribution in [-0.2, 0) is 20.1 Å². The summed E-state index contributed by atoms with van der Waals surface area (Å²) in [6.45, 7) is 0.493. The van der Waals surface area contributed by atoms with E-state index in [2.05, 4.69) is 0 Å². The summed E-state index contributed by atoms with van der Waals surface area (Å²) in [4.78, 5) is 11.1. The molecule has 1 unspecified atom stereocenters. The Hall–Kier alpha value is -1.97. The van der Waals surface area contributed by atoms with Gasteiger partial charge in [-0.25, -0.2) is 0 Å². The molecule has 3 nitrogen and oxygen atoms in total. The highest BCUT2D eigenvalue weighted by molar-refractivity contribution is 5.56. The van der Waals surface area contributed by atoms with Gasteiger partial charge in [0.25, 0.3) is 0 Å². The van der Waals surface area contributed by atoms with Crippen LogP contribution in [0.15, 0.2) is 60.7 Å². The second kappa shape index (κ2) is 5.57. The summed E-state index contributed by atoms with van der Waals surface area (Å²) < 4.78 is 12.0. The molecule has 102 valence electrons. The fourth-order valence-corrected chi connectivity index (χ4v) is 2.51. The van der Waals surface area contributed by atoms with Crippen LogP contribution in [0.1, 0.15) is 17.5 Å². The molecule has 2 aromatic rings. The van der Waals surface area contributed by atoms with Crippen LogP contribution in [0, 0.1) is 0 Å². The molecule has 1 fully saturated rings. The third kappa shape index (κ3) is 2.26. The Balaban J connectivity index is 2.10. The average Bonchev–Trinajstić information content (AvgIpc) is 2.56. The van der Waals surface area contributed by atoms with Crippen LogP contribution >= 0.6 is 0 Å². The second-order valence-electron chi connectivity index (χ2n) is 4.78. The third-order valence-corrected chi connectivity index (χ3v) is 3.48. The molecule has 0 aromatic heterocycles. The van der Waals surface area contributed by atoms with Gasteiger partial charge in [0.15, 0.2) is 0 Å². The van der Waals surface area contributed by atoms with Gasteiger partial charge in [-0.1, -0.05) is 60.7 Å². The van der Waals surface area contributed by atoms with Crippen LogP contribution in [0.3, 0.4) is 0 Å². The molecule has 1 atom stereocenters. The van der Waals surface area contributed by atoms with Crippen LogP contribution in [0.2, 0.25) is 0 Å². The van der Waals surface area contributed by atoms with Gasteiger partial charge in [0.2, 0.25) is 5.79 Å². The highest BCUT2D eigenvalue weighted by Crippen LogP contribution is 2.39. The maximum absolute atomic E-state index is 11.1. The van der Waals surface area contributed by atoms with Crippen LogP contribution in [-0.4, -0.2) is 19.0 Å². The molecule has 0 aliphatic carbocycles. The predicted octanol–water partition coefficient (Wildman–Crippen LogP) is 2.89. The minimum absolute atomic E-state index is 0.441. The Kier molecular flexibility index (Phi) is 3.63. The Bertz CT molecular complexity index is 526. The van der Waals surface area contributed by atoms with E-state index >= 15 is 0 Å². The number of ether oxygens (including phenoxy) is 2. The van der Waals surface area contributed by atoms with Gasteiger partial charge >= 0.3 is 0 Å². The third-order valence-electron chi connectivity index (χ3n) is 3.48. The molecule has 2 aromatic carbocycles. The van der Waals surface area contributed by atoms with Crippen LogP contribution < -0.4 is 0 Å². The first-order valence-electron chi connectivity index (χ1n) is 6.73. The topological polar surface area (TPSA) is 35.5 Å². The van der Waals surface area contributed by atoms with Crippen LogP contribution in [0.5, 0.6) is 0 Å². The number of hydrogen-bond donors (Lipinski definition) is 0. The molecule has 1 heterocycles. The van der Waals surface area contributed by atoms with Crippen molar-refractivity contribution < 1.29 is 14.3 Å². The number of hydrogen-bond acceptors (Lipinski definition) is 3. The van der Waals surface area contributed by atoms with E-state index in [-0.39, 0.29) is 0 Å². The summed E-state index contributed by atoms with van der Waals surface area (Å²) in [6, 6.07) is 19.5. The van der Waals surface area contributed by atoms with E-state index in [4.69, 9.17) is 9.47 Å². The molecular weight excluding hydrogens is 252 g/mol. The Morgan fingerprint density at radius 3 is 2.00 bits per heavy atom. The largest absolute Gasteiger partial charge is 0.342 e. The lowest BCUT2D eigenvalue weighted by molar-refractivity contribution is -0.269. The molecule has 0 spiro atoms. The highest BCUT2D eigenvalue weighted by atomic mass is 16.7. The van der Waals surface area contributed by atoms with E-state index < -0.39 is 11.9 Å². The molecule has 1 aliphatic rings. The average molecular weight is 268 g/mol. The smallest absolute Gasteiger partial charge is 0.223 e. The summed E-state index contributed by atoms with van der Waals surface area (Å²) in [6.07, 6.45) is 0.998. The van der Waals surface area contributed by atoms with Crippen molar-refractivity contribution in [2.45, 2.75) is 18.3 Å². The Morgan fingerprint density at radius 2 is 1.50 bits per heavy atom. The van der Waals surface area contributed by atoms with E-state index in [1.807, 2.05) is 60.7 Å². The summed E-state index contributed by atoms with van der Waals surface area (Å²) in [5.74, 6) is -0.994. The first kappa shape index (κ1) is 13.0. The minimum Gasteiger partial charge on any atom is -0.342 e. The lowest BCUT2D eigenvalue weighted by Gasteiger charge is -2.40. The first-order valence-corrected chi connectivity index (χ1v) is 6.73. The van der Waals surface area contributed by atoms with Gasteiger partial charge in [0, 0.05) is 17.5 Å². The zero-order valence-electron chi connectivity index (χ0n) is 11.1. The van der Waals surface area contributed by atoms with Crippen molar-refractivity contribution in [1.29, 1.82) is 0 Å². The first-order chi connectivity index (χ1) is 9.85. The zero-order chi connectivity index (χ0) is 13.8. The fraction of sp³-hybridized carbons (Fsp3) is 0.235. The molecule has 0 saturated carbocycles. The molecular formula is C17H16O3. The van der Waals surface area contributed by atoms with E-state index in [9.17, 15) is 4.79 Å². The molecule has 0 radical (unpaired) electrons. The second-order valence-corrected chi connectivity index (χ2v) is 4.78. The van der Waals surface area contributed by atoms with Crippen molar-refractivity contribution in [2.24, 2.45) is 0 Å². The molecule has 0 bridgehead atoms. The van der Waals surface area contributed by atoms with E-state index in [0.29, 0.717) is 13.0 Å². The SMILES string of the molecule is O=CC1CCOC(c2ccccc2)(c2ccccc2)O1. The van der Waals surface area contributed by atoms with Gasteiger partial charge in [0.05, 0.1) is 6.61 Å². The number of carbonyl (C=O) groups excluding carboxylic acids is 1. The van der Waals surface area contributed by atoms with Gasteiger partial charge < -0.3 is 14.3 Å². The number of carbonyl (C=O) groups is 1.